The Morgan fingerprint density at radius 2 is 1.83 bits per heavy atom. The van der Waals surface area contributed by atoms with Gasteiger partial charge in [0.15, 0.2) is 0 Å². The summed E-state index contributed by atoms with van der Waals surface area (Å²) in [5.74, 6) is -1.47. The summed E-state index contributed by atoms with van der Waals surface area (Å²) in [5.41, 5.74) is 0.674. The first-order valence-corrected chi connectivity index (χ1v) is 8.00. The maximum atomic E-state index is 12.1. The topological polar surface area (TPSA) is 86.3 Å². The summed E-state index contributed by atoms with van der Waals surface area (Å²) in [7, 11) is 0. The van der Waals surface area contributed by atoms with Gasteiger partial charge in [0.1, 0.15) is 12.6 Å². The van der Waals surface area contributed by atoms with Crippen LogP contribution in [-0.4, -0.2) is 49.1 Å². The third-order valence-electron chi connectivity index (χ3n) is 4.21. The minimum atomic E-state index is -1.47. The molecule has 24 heavy (non-hydrogen) atoms. The van der Waals surface area contributed by atoms with Crippen molar-refractivity contribution in [3.63, 3.8) is 0 Å². The van der Waals surface area contributed by atoms with Crippen LogP contribution in [0.5, 0.6) is 0 Å². The molecule has 1 aromatic carbocycles. The number of rotatable bonds is 5. The number of fused-ring (bicyclic) bond motifs is 3. The largest absolute Gasteiger partial charge is 0.445 e. The minimum absolute atomic E-state index is 0.132. The van der Waals surface area contributed by atoms with Crippen LogP contribution < -0.4 is 5.32 Å². The van der Waals surface area contributed by atoms with E-state index in [0.717, 1.165) is 5.56 Å². The number of amides is 1. The van der Waals surface area contributed by atoms with Gasteiger partial charge < -0.3 is 29.4 Å². The highest BCUT2D eigenvalue weighted by Gasteiger charge is 2.56. The first-order valence-electron chi connectivity index (χ1n) is 8.00. The van der Waals surface area contributed by atoms with Crippen molar-refractivity contribution < 1.29 is 28.8 Å². The Hall–Kier alpha value is -1.67. The van der Waals surface area contributed by atoms with E-state index >= 15 is 0 Å². The number of aliphatic hydroxyl groups is 1. The molecule has 3 fully saturated rings. The van der Waals surface area contributed by atoms with E-state index in [9.17, 15) is 9.90 Å². The molecule has 7 heteroatoms. The zero-order chi connectivity index (χ0) is 17.2. The van der Waals surface area contributed by atoms with E-state index in [2.05, 4.69) is 5.32 Å². The molecule has 0 aromatic heterocycles. The molecule has 3 heterocycles. The van der Waals surface area contributed by atoms with Gasteiger partial charge in [0.2, 0.25) is 0 Å². The number of ether oxygens (including phenoxy) is 4. The maximum absolute atomic E-state index is 12.1. The van der Waals surface area contributed by atoms with Crippen LogP contribution in [-0.2, 0) is 25.6 Å². The number of carbonyl (C=O) groups excluding carboxylic acids is 1. The molecule has 3 aliphatic rings. The van der Waals surface area contributed by atoms with Crippen molar-refractivity contribution >= 4 is 6.09 Å². The smallest absolute Gasteiger partial charge is 0.408 e. The van der Waals surface area contributed by atoms with Crippen LogP contribution in [0.3, 0.4) is 0 Å². The zero-order valence-electron chi connectivity index (χ0n) is 13.9. The van der Waals surface area contributed by atoms with Crippen LogP contribution in [0.15, 0.2) is 30.3 Å². The summed E-state index contributed by atoms with van der Waals surface area (Å²) < 4.78 is 22.2. The van der Waals surface area contributed by atoms with Gasteiger partial charge in [-0.15, -0.1) is 0 Å². The van der Waals surface area contributed by atoms with E-state index in [4.69, 9.17) is 18.9 Å². The molecule has 0 radical (unpaired) electrons. The van der Waals surface area contributed by atoms with Gasteiger partial charge >= 0.3 is 12.1 Å². The molecule has 0 unspecified atom stereocenters. The molecule has 3 saturated heterocycles. The number of aliphatic hydroxyl groups excluding tert-OH is 1. The normalized spacial score (nSPS) is 31.3. The molecule has 0 aliphatic carbocycles. The quantitative estimate of drug-likeness (QED) is 0.845. The molecule has 2 bridgehead atoms. The van der Waals surface area contributed by atoms with Gasteiger partial charge in [-0.25, -0.2) is 4.79 Å². The van der Waals surface area contributed by atoms with Crippen LogP contribution in [0, 0.1) is 5.41 Å². The average Bonchev–Trinajstić information content (AvgIpc) is 2.59. The number of hydrogen-bond donors (Lipinski definition) is 2. The third-order valence-corrected chi connectivity index (χ3v) is 4.21. The van der Waals surface area contributed by atoms with Crippen LogP contribution >= 0.6 is 0 Å². The molecule has 0 saturated carbocycles. The fourth-order valence-electron chi connectivity index (χ4n) is 2.74. The van der Waals surface area contributed by atoms with Crippen LogP contribution in [0.1, 0.15) is 19.4 Å². The second kappa shape index (κ2) is 6.68. The van der Waals surface area contributed by atoms with E-state index in [0.29, 0.717) is 19.8 Å². The molecular formula is C17H23NO6. The van der Waals surface area contributed by atoms with Gasteiger partial charge in [0, 0.05) is 5.41 Å². The lowest BCUT2D eigenvalue weighted by molar-refractivity contribution is -0.477. The SMILES string of the molecule is C[C@H](O)[C@H](NC(=O)OCc1ccccc1)C12OCC(C)(CO1)CO2. The lowest BCUT2D eigenvalue weighted by atomic mass is 9.90. The lowest BCUT2D eigenvalue weighted by Gasteiger charge is -2.53. The number of benzene rings is 1. The Balaban J connectivity index is 1.61. The predicted octanol–water partition coefficient (Wildman–Crippen LogP) is 1.40. The highest BCUT2D eigenvalue weighted by Crippen LogP contribution is 2.40. The lowest BCUT2D eigenvalue weighted by Crippen LogP contribution is -2.69. The Bertz CT molecular complexity index is 551. The monoisotopic (exact) mass is 337 g/mol. The standard InChI is InChI=1S/C17H23NO6/c1-12(19)14(17-22-9-16(2,10-23-17)11-24-17)18-15(20)21-8-13-6-4-3-5-7-13/h3-7,12,14,19H,8-11H2,1-2H3,(H,18,20)/t12-,14-,16?,17?/m0/s1. The number of hydrogen-bond acceptors (Lipinski definition) is 6. The molecule has 2 atom stereocenters. The molecule has 1 amide bonds. The van der Waals surface area contributed by atoms with Gasteiger partial charge in [-0.05, 0) is 12.5 Å². The van der Waals surface area contributed by atoms with Crippen molar-refractivity contribution in [2.45, 2.75) is 38.6 Å². The Morgan fingerprint density at radius 1 is 1.25 bits per heavy atom. The Kier molecular flexibility index (Phi) is 4.78. The van der Waals surface area contributed by atoms with E-state index in [1.165, 1.54) is 6.92 Å². The molecule has 3 aliphatic heterocycles. The van der Waals surface area contributed by atoms with Gasteiger partial charge in [-0.3, -0.25) is 0 Å². The summed E-state index contributed by atoms with van der Waals surface area (Å²) in [6, 6.07) is 8.44. The maximum Gasteiger partial charge on any atom is 0.408 e. The Morgan fingerprint density at radius 3 is 2.38 bits per heavy atom. The average molecular weight is 337 g/mol. The van der Waals surface area contributed by atoms with Gasteiger partial charge in [-0.1, -0.05) is 37.3 Å². The highest BCUT2D eigenvalue weighted by atomic mass is 16.9. The summed E-state index contributed by atoms with van der Waals surface area (Å²) in [4.78, 5) is 12.1. The molecule has 1 aromatic rings. The predicted molar refractivity (Wildman–Crippen MR) is 83.9 cm³/mol. The summed E-state index contributed by atoms with van der Waals surface area (Å²) in [6.45, 7) is 4.99. The molecule has 0 spiro atoms. The zero-order valence-corrected chi connectivity index (χ0v) is 13.9. The Labute approximate surface area is 140 Å². The number of nitrogens with one attached hydrogen (secondary N) is 1. The number of carbonyl (C=O) groups is 1. The first-order chi connectivity index (χ1) is 11.4. The van der Waals surface area contributed by atoms with Crippen LogP contribution in [0.2, 0.25) is 0 Å². The van der Waals surface area contributed by atoms with E-state index < -0.39 is 24.2 Å². The van der Waals surface area contributed by atoms with Crippen molar-refractivity contribution in [3.8, 4) is 0 Å². The molecule has 132 valence electrons. The van der Waals surface area contributed by atoms with Crippen molar-refractivity contribution in [1.82, 2.24) is 5.32 Å². The van der Waals surface area contributed by atoms with Crippen molar-refractivity contribution in [2.24, 2.45) is 5.41 Å². The van der Waals surface area contributed by atoms with E-state index in [-0.39, 0.29) is 12.0 Å². The molecule has 4 rings (SSSR count). The van der Waals surface area contributed by atoms with Crippen molar-refractivity contribution in [3.05, 3.63) is 35.9 Å². The van der Waals surface area contributed by atoms with Crippen LogP contribution in [0.4, 0.5) is 4.79 Å². The second-order valence-electron chi connectivity index (χ2n) is 6.70. The number of alkyl carbamates (subject to hydrolysis) is 1. The summed E-state index contributed by atoms with van der Waals surface area (Å²) >= 11 is 0. The van der Waals surface area contributed by atoms with E-state index in [1.807, 2.05) is 37.3 Å². The highest BCUT2D eigenvalue weighted by molar-refractivity contribution is 5.67. The third kappa shape index (κ3) is 3.54. The first kappa shape index (κ1) is 17.2. The van der Waals surface area contributed by atoms with Gasteiger partial charge in [0.25, 0.3) is 0 Å². The summed E-state index contributed by atoms with van der Waals surface area (Å²) in [5, 5.41) is 12.7. The van der Waals surface area contributed by atoms with E-state index in [1.54, 1.807) is 0 Å². The fourth-order valence-corrected chi connectivity index (χ4v) is 2.74. The second-order valence-corrected chi connectivity index (χ2v) is 6.70. The molecule has 2 N–H and O–H groups in total. The summed E-state index contributed by atoms with van der Waals surface area (Å²) in [6.07, 6.45) is -1.62. The van der Waals surface area contributed by atoms with Crippen LogP contribution in [0.25, 0.3) is 0 Å². The van der Waals surface area contributed by atoms with Gasteiger partial charge in [0.05, 0.1) is 25.9 Å². The minimum Gasteiger partial charge on any atom is -0.445 e. The van der Waals surface area contributed by atoms with Crippen molar-refractivity contribution in [1.29, 1.82) is 0 Å². The molecule has 7 nitrogen and oxygen atoms in total. The molecular weight excluding hydrogens is 314 g/mol. The van der Waals surface area contributed by atoms with Crippen molar-refractivity contribution in [2.75, 3.05) is 19.8 Å². The fraction of sp³-hybridized carbons (Fsp3) is 0.588. The van der Waals surface area contributed by atoms with Gasteiger partial charge in [-0.2, -0.15) is 0 Å².